The molecule has 0 fully saturated rings. The van der Waals surface area contributed by atoms with Crippen LogP contribution in [0.2, 0.25) is 0 Å². The number of benzene rings is 5. The molecule has 4 heteroatoms. The van der Waals surface area contributed by atoms with Crippen LogP contribution in [0.4, 0.5) is 5.69 Å². The zero-order chi connectivity index (χ0) is 22.8. The molecule has 1 aliphatic heterocycles. The summed E-state index contributed by atoms with van der Waals surface area (Å²) in [6.45, 7) is 0. The summed E-state index contributed by atoms with van der Waals surface area (Å²) in [6, 6.07) is 36.5. The minimum atomic E-state index is -0.298. The summed E-state index contributed by atoms with van der Waals surface area (Å²) in [5, 5.41) is 14.0. The van der Waals surface area contributed by atoms with Crippen LogP contribution in [0.1, 0.15) is 0 Å². The Morgan fingerprint density at radius 3 is 1.94 bits per heavy atom. The molecule has 160 valence electrons. The molecule has 7 rings (SSSR count). The summed E-state index contributed by atoms with van der Waals surface area (Å²) in [6.07, 6.45) is 0. The second-order valence-corrected chi connectivity index (χ2v) is 8.57. The molecule has 6 aromatic rings. The van der Waals surface area contributed by atoms with Gasteiger partial charge in [0.05, 0.1) is 27.2 Å². The van der Waals surface area contributed by atoms with E-state index in [4.69, 9.17) is 0 Å². The fourth-order valence-corrected chi connectivity index (χ4v) is 5.52. The fraction of sp³-hybridized carbons (Fsp3) is 0. The summed E-state index contributed by atoms with van der Waals surface area (Å²) in [4.78, 5) is 11.6. The third-order valence-electron chi connectivity index (χ3n) is 6.86. The Labute approximate surface area is 195 Å². The molecule has 0 N–H and O–H groups in total. The molecule has 2 heterocycles. The molecular formula is C30H18N2O2. The maximum Gasteiger partial charge on any atom is 0.277 e. The van der Waals surface area contributed by atoms with Gasteiger partial charge in [0.1, 0.15) is 0 Å². The molecule has 0 atom stereocenters. The molecule has 1 aliphatic rings. The number of rotatable bonds is 2. The van der Waals surface area contributed by atoms with Crippen LogP contribution in [0.25, 0.3) is 60.9 Å². The molecule has 0 bridgehead atoms. The van der Waals surface area contributed by atoms with Crippen molar-refractivity contribution in [1.29, 1.82) is 0 Å². The van der Waals surface area contributed by atoms with Crippen LogP contribution in [-0.4, -0.2) is 9.49 Å². The van der Waals surface area contributed by atoms with Gasteiger partial charge in [-0.05, 0) is 34.9 Å². The van der Waals surface area contributed by atoms with E-state index < -0.39 is 0 Å². The maximum absolute atomic E-state index is 11.9. The Morgan fingerprint density at radius 2 is 1.15 bits per heavy atom. The van der Waals surface area contributed by atoms with Gasteiger partial charge in [-0.1, -0.05) is 84.9 Å². The molecule has 0 saturated heterocycles. The van der Waals surface area contributed by atoms with Crippen LogP contribution < -0.4 is 0 Å². The normalized spacial score (nSPS) is 11.8. The van der Waals surface area contributed by atoms with Crippen LogP contribution in [0.15, 0.2) is 109 Å². The highest BCUT2D eigenvalue weighted by molar-refractivity contribution is 6.20. The van der Waals surface area contributed by atoms with E-state index in [1.807, 2.05) is 24.3 Å². The third-order valence-corrected chi connectivity index (χ3v) is 6.86. The first kappa shape index (κ1) is 18.8. The third kappa shape index (κ3) is 2.42. The smallest absolute Gasteiger partial charge is 0.277 e. The van der Waals surface area contributed by atoms with Crippen molar-refractivity contribution in [3.05, 3.63) is 119 Å². The Kier molecular flexibility index (Phi) is 3.82. The lowest BCUT2D eigenvalue weighted by Crippen LogP contribution is -1.95. The summed E-state index contributed by atoms with van der Waals surface area (Å²) < 4.78 is 2.33. The first-order chi connectivity index (χ1) is 16.7. The quantitative estimate of drug-likeness (QED) is 0.203. The second kappa shape index (κ2) is 6.90. The van der Waals surface area contributed by atoms with Crippen molar-refractivity contribution in [2.75, 3.05) is 0 Å². The molecule has 34 heavy (non-hydrogen) atoms. The van der Waals surface area contributed by atoms with Gasteiger partial charge >= 0.3 is 0 Å². The number of nitro benzene ring substituents is 1. The Hall–Kier alpha value is -4.70. The number of nitrogens with zero attached hydrogens (tertiary/aromatic N) is 2. The van der Waals surface area contributed by atoms with Crippen LogP contribution in [0.3, 0.4) is 0 Å². The van der Waals surface area contributed by atoms with E-state index in [9.17, 15) is 10.1 Å². The lowest BCUT2D eigenvalue weighted by atomic mass is 9.92. The fourth-order valence-electron chi connectivity index (χ4n) is 5.52. The van der Waals surface area contributed by atoms with Crippen molar-refractivity contribution in [2.45, 2.75) is 0 Å². The van der Waals surface area contributed by atoms with Crippen LogP contribution in [-0.2, 0) is 0 Å². The van der Waals surface area contributed by atoms with Gasteiger partial charge in [0.2, 0.25) is 0 Å². The number of hydrogen-bond donors (Lipinski definition) is 0. The van der Waals surface area contributed by atoms with E-state index in [0.717, 1.165) is 38.6 Å². The van der Waals surface area contributed by atoms with Crippen molar-refractivity contribution in [3.8, 4) is 39.1 Å². The minimum Gasteiger partial charge on any atom is -0.308 e. The summed E-state index contributed by atoms with van der Waals surface area (Å²) in [5.41, 5.74) is 9.62. The molecule has 0 unspecified atom stereocenters. The van der Waals surface area contributed by atoms with Gasteiger partial charge in [-0.15, -0.1) is 0 Å². The highest BCUT2D eigenvalue weighted by atomic mass is 16.6. The molecule has 0 radical (unpaired) electrons. The topological polar surface area (TPSA) is 48.1 Å². The molecule has 0 spiro atoms. The number of fused-ring (bicyclic) bond motifs is 8. The van der Waals surface area contributed by atoms with Crippen molar-refractivity contribution in [2.24, 2.45) is 0 Å². The Bertz CT molecular complexity index is 1800. The zero-order valence-corrected chi connectivity index (χ0v) is 18.1. The van der Waals surface area contributed by atoms with E-state index in [2.05, 4.69) is 77.4 Å². The molecule has 4 nitrogen and oxygen atoms in total. The van der Waals surface area contributed by atoms with Gasteiger partial charge in [-0.2, -0.15) is 0 Å². The number of para-hydroxylation sites is 3. The van der Waals surface area contributed by atoms with Gasteiger partial charge in [-0.25, -0.2) is 0 Å². The zero-order valence-electron chi connectivity index (χ0n) is 18.1. The molecule has 0 aliphatic carbocycles. The van der Waals surface area contributed by atoms with Gasteiger partial charge in [-0.3, -0.25) is 10.1 Å². The number of nitro groups is 1. The highest BCUT2D eigenvalue weighted by Crippen LogP contribution is 2.48. The van der Waals surface area contributed by atoms with Crippen molar-refractivity contribution in [3.63, 3.8) is 0 Å². The van der Waals surface area contributed by atoms with Crippen molar-refractivity contribution < 1.29 is 4.92 Å². The van der Waals surface area contributed by atoms with Gasteiger partial charge < -0.3 is 4.57 Å². The predicted molar refractivity (Wildman–Crippen MR) is 137 cm³/mol. The lowest BCUT2D eigenvalue weighted by Gasteiger charge is -2.12. The van der Waals surface area contributed by atoms with Gasteiger partial charge in [0, 0.05) is 28.0 Å². The van der Waals surface area contributed by atoms with Crippen LogP contribution in [0.5, 0.6) is 0 Å². The lowest BCUT2D eigenvalue weighted by molar-refractivity contribution is -0.384. The molecule has 1 aromatic heterocycles. The average molecular weight is 438 g/mol. The Morgan fingerprint density at radius 1 is 0.559 bits per heavy atom. The maximum atomic E-state index is 11.9. The van der Waals surface area contributed by atoms with Gasteiger partial charge in [0.15, 0.2) is 0 Å². The molecule has 0 saturated carbocycles. The SMILES string of the molecule is O=[N+]([O-])c1ccccc1-c1cccc2c1c1cccc3c1n2-c1ccccc1-c1ccccc1-3. The van der Waals surface area contributed by atoms with Crippen molar-refractivity contribution >= 4 is 27.5 Å². The van der Waals surface area contributed by atoms with Crippen molar-refractivity contribution in [1.82, 2.24) is 4.57 Å². The number of aromatic nitrogens is 1. The highest BCUT2D eigenvalue weighted by Gasteiger charge is 2.26. The van der Waals surface area contributed by atoms with E-state index in [0.29, 0.717) is 5.56 Å². The van der Waals surface area contributed by atoms with Crippen LogP contribution in [0, 0.1) is 10.1 Å². The predicted octanol–water partition coefficient (Wildman–Crippen LogP) is 8.01. The first-order valence-corrected chi connectivity index (χ1v) is 11.2. The monoisotopic (exact) mass is 438 g/mol. The summed E-state index contributed by atoms with van der Waals surface area (Å²) in [5.74, 6) is 0. The van der Waals surface area contributed by atoms with Gasteiger partial charge in [0.25, 0.3) is 5.69 Å². The van der Waals surface area contributed by atoms with E-state index in [1.54, 1.807) is 12.1 Å². The summed E-state index contributed by atoms with van der Waals surface area (Å²) >= 11 is 0. The van der Waals surface area contributed by atoms with E-state index in [1.165, 1.54) is 16.7 Å². The largest absolute Gasteiger partial charge is 0.308 e. The summed E-state index contributed by atoms with van der Waals surface area (Å²) in [7, 11) is 0. The average Bonchev–Trinajstić information content (AvgIpc) is 3.17. The second-order valence-electron chi connectivity index (χ2n) is 8.57. The molecule has 5 aromatic carbocycles. The minimum absolute atomic E-state index is 0.116. The molecule has 0 amide bonds. The first-order valence-electron chi connectivity index (χ1n) is 11.2. The number of hydrogen-bond acceptors (Lipinski definition) is 2. The Balaban J connectivity index is 1.72. The standard InChI is InChI=1S/C30H18N2O2/c33-32(34)27-17-6-4-12-22(27)23-13-8-18-28-29(23)25-15-7-14-24-20-10-2-1-9-19(20)21-11-3-5-16-26(21)31(28)30(24)25/h1-18H. The van der Waals surface area contributed by atoms with E-state index >= 15 is 0 Å². The molecular weight excluding hydrogens is 420 g/mol. The van der Waals surface area contributed by atoms with E-state index in [-0.39, 0.29) is 10.6 Å². The van der Waals surface area contributed by atoms with Crippen LogP contribution >= 0.6 is 0 Å².